The van der Waals surface area contributed by atoms with Crippen molar-refractivity contribution in [3.05, 3.63) is 119 Å². The van der Waals surface area contributed by atoms with E-state index in [0.29, 0.717) is 9.33 Å². The van der Waals surface area contributed by atoms with Gasteiger partial charge in [-0.25, -0.2) is 9.38 Å². The van der Waals surface area contributed by atoms with Gasteiger partial charge in [0.1, 0.15) is 5.82 Å². The summed E-state index contributed by atoms with van der Waals surface area (Å²) >= 11 is 2.99. The maximum absolute atomic E-state index is 14.2. The molecule has 4 aromatic rings. The van der Waals surface area contributed by atoms with Gasteiger partial charge in [0.05, 0.1) is 16.3 Å². The molecular formula is C25H17FN2OS2. The molecule has 0 radical (unpaired) electrons. The second-order valence-corrected chi connectivity index (χ2v) is 9.67. The van der Waals surface area contributed by atoms with Crippen LogP contribution in [0, 0.1) is 5.82 Å². The molecule has 0 bridgehead atoms. The van der Waals surface area contributed by atoms with E-state index in [1.807, 2.05) is 41.8 Å². The van der Waals surface area contributed by atoms with Gasteiger partial charge >= 0.3 is 0 Å². The van der Waals surface area contributed by atoms with Crippen molar-refractivity contribution in [1.82, 2.24) is 4.57 Å². The summed E-state index contributed by atoms with van der Waals surface area (Å²) in [7, 11) is 0. The molecule has 2 aromatic heterocycles. The lowest BCUT2D eigenvalue weighted by atomic mass is 9.83. The standard InChI is InChI=1S/C25H17FN2OS2/c26-17-7-3-6-16(13-17)23-20-11-10-15-5-1-2-9-19(15)22(20)27-25-28(23)24(29)21(31-25)14-18-8-4-12-30-18/h1-9,12-14,23H,10-11H2/t23-/m1/s1. The van der Waals surface area contributed by atoms with Crippen molar-refractivity contribution in [3.8, 4) is 0 Å². The smallest absolute Gasteiger partial charge is 0.271 e. The SMILES string of the molecule is O=c1c(=Cc2cccs2)sc2n1[C@H](c1cccc(F)c1)C1=C(N=2)c2ccccc2CC1. The molecule has 1 aliphatic carbocycles. The Labute approximate surface area is 185 Å². The number of nitrogens with zero attached hydrogens (tertiary/aromatic N) is 2. The molecule has 31 heavy (non-hydrogen) atoms. The van der Waals surface area contributed by atoms with E-state index in [0.717, 1.165) is 40.1 Å². The van der Waals surface area contributed by atoms with Gasteiger partial charge in [0.25, 0.3) is 5.56 Å². The second-order valence-electron chi connectivity index (χ2n) is 7.68. The maximum atomic E-state index is 14.2. The Morgan fingerprint density at radius 3 is 2.81 bits per heavy atom. The summed E-state index contributed by atoms with van der Waals surface area (Å²) < 4.78 is 16.6. The van der Waals surface area contributed by atoms with Crippen molar-refractivity contribution in [2.24, 2.45) is 4.99 Å². The van der Waals surface area contributed by atoms with Gasteiger partial charge in [-0.15, -0.1) is 11.3 Å². The Hall–Kier alpha value is -3.09. The third-order valence-corrected chi connectivity index (χ3v) is 7.66. The number of halogens is 1. The monoisotopic (exact) mass is 444 g/mol. The van der Waals surface area contributed by atoms with E-state index in [4.69, 9.17) is 4.99 Å². The van der Waals surface area contributed by atoms with Crippen molar-refractivity contribution in [2.45, 2.75) is 18.9 Å². The number of allylic oxidation sites excluding steroid dienone is 1. The number of aromatic nitrogens is 1. The number of thiazole rings is 1. The predicted molar refractivity (Wildman–Crippen MR) is 123 cm³/mol. The van der Waals surface area contributed by atoms with Crippen LogP contribution in [0.25, 0.3) is 11.8 Å². The normalized spacial score (nSPS) is 17.7. The average molecular weight is 445 g/mol. The maximum Gasteiger partial charge on any atom is 0.271 e. The van der Waals surface area contributed by atoms with Crippen molar-refractivity contribution in [1.29, 1.82) is 0 Å². The molecule has 0 spiro atoms. The van der Waals surface area contributed by atoms with Gasteiger partial charge in [0.2, 0.25) is 0 Å². The van der Waals surface area contributed by atoms with Crippen LogP contribution in [-0.4, -0.2) is 4.57 Å². The van der Waals surface area contributed by atoms with Gasteiger partial charge in [0, 0.05) is 10.4 Å². The minimum absolute atomic E-state index is 0.0724. The minimum atomic E-state index is -0.346. The number of hydrogen-bond acceptors (Lipinski definition) is 4. The third-order valence-electron chi connectivity index (χ3n) is 5.85. The zero-order valence-corrected chi connectivity index (χ0v) is 18.0. The van der Waals surface area contributed by atoms with E-state index in [-0.39, 0.29) is 17.4 Å². The highest BCUT2D eigenvalue weighted by atomic mass is 32.1. The molecule has 1 atom stereocenters. The van der Waals surface area contributed by atoms with Crippen LogP contribution in [0.4, 0.5) is 4.39 Å². The first kappa shape index (κ1) is 18.7. The Kier molecular flexibility index (Phi) is 4.37. The molecule has 0 N–H and O–H groups in total. The summed E-state index contributed by atoms with van der Waals surface area (Å²) in [6.45, 7) is 0. The lowest BCUT2D eigenvalue weighted by Gasteiger charge is -2.30. The van der Waals surface area contributed by atoms with Gasteiger partial charge in [0.15, 0.2) is 4.80 Å². The molecule has 3 nitrogen and oxygen atoms in total. The molecule has 2 aromatic carbocycles. The summed E-state index contributed by atoms with van der Waals surface area (Å²) in [5.74, 6) is -0.298. The van der Waals surface area contributed by atoms with E-state index in [2.05, 4.69) is 12.1 Å². The Bertz CT molecular complexity index is 1530. The first-order valence-electron chi connectivity index (χ1n) is 10.1. The zero-order valence-electron chi connectivity index (χ0n) is 16.4. The molecule has 0 fully saturated rings. The van der Waals surface area contributed by atoms with Crippen LogP contribution in [0.5, 0.6) is 0 Å². The number of aryl methyl sites for hydroxylation is 1. The number of fused-ring (bicyclic) bond motifs is 3. The quantitative estimate of drug-likeness (QED) is 0.448. The van der Waals surface area contributed by atoms with Crippen LogP contribution in [-0.2, 0) is 6.42 Å². The Morgan fingerprint density at radius 2 is 1.97 bits per heavy atom. The second kappa shape index (κ2) is 7.25. The largest absolute Gasteiger partial charge is 0.272 e. The Balaban J connectivity index is 1.66. The minimum Gasteiger partial charge on any atom is -0.272 e. The highest BCUT2D eigenvalue weighted by Crippen LogP contribution is 2.41. The van der Waals surface area contributed by atoms with Crippen LogP contribution in [0.1, 0.15) is 34.0 Å². The van der Waals surface area contributed by atoms with Gasteiger partial charge < -0.3 is 0 Å². The van der Waals surface area contributed by atoms with E-state index in [9.17, 15) is 9.18 Å². The summed E-state index contributed by atoms with van der Waals surface area (Å²) in [5, 5.41) is 1.99. The molecule has 0 amide bonds. The first-order chi connectivity index (χ1) is 15.2. The highest BCUT2D eigenvalue weighted by Gasteiger charge is 2.32. The van der Waals surface area contributed by atoms with Gasteiger partial charge in [-0.2, -0.15) is 0 Å². The zero-order chi connectivity index (χ0) is 20.9. The van der Waals surface area contributed by atoms with Crippen molar-refractivity contribution >= 4 is 34.4 Å². The molecule has 1 aliphatic heterocycles. The molecule has 3 heterocycles. The van der Waals surface area contributed by atoms with Gasteiger partial charge in [-0.3, -0.25) is 9.36 Å². The molecular weight excluding hydrogens is 427 g/mol. The van der Waals surface area contributed by atoms with E-state index < -0.39 is 0 Å². The molecule has 152 valence electrons. The van der Waals surface area contributed by atoms with Gasteiger partial charge in [-0.1, -0.05) is 53.8 Å². The topological polar surface area (TPSA) is 34.4 Å². The van der Waals surface area contributed by atoms with Crippen LogP contribution < -0.4 is 14.9 Å². The van der Waals surface area contributed by atoms with Crippen LogP contribution in [0.2, 0.25) is 0 Å². The highest BCUT2D eigenvalue weighted by molar-refractivity contribution is 7.11. The van der Waals surface area contributed by atoms with Crippen molar-refractivity contribution in [3.63, 3.8) is 0 Å². The average Bonchev–Trinajstić information content (AvgIpc) is 3.40. The fourth-order valence-electron chi connectivity index (χ4n) is 4.50. The van der Waals surface area contributed by atoms with E-state index >= 15 is 0 Å². The van der Waals surface area contributed by atoms with Crippen molar-refractivity contribution < 1.29 is 4.39 Å². The first-order valence-corrected chi connectivity index (χ1v) is 11.8. The fourth-order valence-corrected chi connectivity index (χ4v) is 6.23. The van der Waals surface area contributed by atoms with E-state index in [1.54, 1.807) is 22.0 Å². The Morgan fingerprint density at radius 1 is 1.06 bits per heavy atom. The van der Waals surface area contributed by atoms with Crippen LogP contribution in [0.3, 0.4) is 0 Å². The number of hydrogen-bond donors (Lipinski definition) is 0. The molecule has 6 rings (SSSR count). The summed E-state index contributed by atoms with van der Waals surface area (Å²) in [6, 6.07) is 18.5. The molecule has 2 aliphatic rings. The van der Waals surface area contributed by atoms with Gasteiger partial charge in [-0.05, 0) is 59.2 Å². The molecule has 0 saturated heterocycles. The van der Waals surface area contributed by atoms with Crippen LogP contribution in [0.15, 0.2) is 81.4 Å². The lowest BCUT2D eigenvalue weighted by Crippen LogP contribution is -2.38. The van der Waals surface area contributed by atoms with Crippen molar-refractivity contribution in [2.75, 3.05) is 0 Å². The number of thiophene rings is 1. The fraction of sp³-hybridized carbons (Fsp3) is 0.120. The summed E-state index contributed by atoms with van der Waals surface area (Å²) in [5.41, 5.74) is 5.10. The third kappa shape index (κ3) is 3.06. The lowest BCUT2D eigenvalue weighted by molar-refractivity contribution is 0.574. The summed E-state index contributed by atoms with van der Waals surface area (Å²) in [6.07, 6.45) is 3.61. The molecule has 0 unspecified atom stereocenters. The predicted octanol–water partition coefficient (Wildman–Crippen LogP) is 4.52. The number of rotatable bonds is 2. The molecule has 0 saturated carbocycles. The van der Waals surface area contributed by atoms with Crippen LogP contribution >= 0.6 is 22.7 Å². The molecule has 6 heteroatoms. The number of benzene rings is 2. The van der Waals surface area contributed by atoms with E-state index in [1.165, 1.54) is 29.0 Å². The summed E-state index contributed by atoms with van der Waals surface area (Å²) in [4.78, 5) is 20.2.